The van der Waals surface area contributed by atoms with Gasteiger partial charge in [0.2, 0.25) is 5.91 Å². The highest BCUT2D eigenvalue weighted by atomic mass is 35.5. The maximum Gasteiger partial charge on any atom is 0.223 e. The van der Waals surface area contributed by atoms with Gasteiger partial charge >= 0.3 is 0 Å². The average Bonchev–Trinajstić information content (AvgIpc) is 2.61. The van der Waals surface area contributed by atoms with Gasteiger partial charge in [0.1, 0.15) is 0 Å². The summed E-state index contributed by atoms with van der Waals surface area (Å²) in [5.74, 6) is 2.14. The van der Waals surface area contributed by atoms with E-state index >= 15 is 0 Å². The second-order valence-electron chi connectivity index (χ2n) is 6.75. The minimum absolute atomic E-state index is 0. The fourth-order valence-electron chi connectivity index (χ4n) is 3.84. The van der Waals surface area contributed by atoms with Crippen molar-refractivity contribution in [1.82, 2.24) is 10.2 Å². The molecule has 1 N–H and O–H groups in total. The molecule has 5 heteroatoms. The number of rotatable bonds is 4. The Balaban J connectivity index is 0.00000208. The van der Waals surface area contributed by atoms with Gasteiger partial charge in [-0.15, -0.1) is 12.4 Å². The summed E-state index contributed by atoms with van der Waals surface area (Å²) in [5, 5.41) is 3.87. The number of halogens is 1. The van der Waals surface area contributed by atoms with Gasteiger partial charge in [0, 0.05) is 24.0 Å². The standard InChI is InChI=1S/C19H28N2OS.ClH/c1-15-19(17-5-3-2-4-6-17)21(13-14-23-15)18(22)8-7-16-9-11-20-12-10-16;/h2-6,15-16,19-20H,7-14H2,1H3;1H. The smallest absolute Gasteiger partial charge is 0.223 e. The molecule has 3 rings (SSSR count). The lowest BCUT2D eigenvalue weighted by molar-refractivity contribution is -0.134. The number of hydrogen-bond acceptors (Lipinski definition) is 3. The molecule has 2 aliphatic rings. The maximum absolute atomic E-state index is 12.9. The van der Waals surface area contributed by atoms with Crippen LogP contribution in [0.3, 0.4) is 0 Å². The molecule has 0 spiro atoms. The molecule has 0 aromatic heterocycles. The number of carbonyl (C=O) groups excluding carboxylic acids is 1. The first-order chi connectivity index (χ1) is 11.3. The molecular formula is C19H29ClN2OS. The Morgan fingerprint density at radius 1 is 1.25 bits per heavy atom. The molecule has 0 aliphatic carbocycles. The van der Waals surface area contributed by atoms with Crippen LogP contribution < -0.4 is 5.32 Å². The molecule has 2 heterocycles. The third-order valence-corrected chi connectivity index (χ3v) is 6.38. The molecule has 2 unspecified atom stereocenters. The number of benzene rings is 1. The predicted molar refractivity (Wildman–Crippen MR) is 105 cm³/mol. The van der Waals surface area contributed by atoms with Crippen LogP contribution in [0, 0.1) is 5.92 Å². The molecule has 2 saturated heterocycles. The molecule has 1 aromatic rings. The first-order valence-corrected chi connectivity index (χ1v) is 9.97. The van der Waals surface area contributed by atoms with Crippen LogP contribution in [0.1, 0.15) is 44.2 Å². The van der Waals surface area contributed by atoms with Crippen LogP contribution in [0.4, 0.5) is 0 Å². The minimum atomic E-state index is 0. The van der Waals surface area contributed by atoms with Crippen molar-refractivity contribution < 1.29 is 4.79 Å². The van der Waals surface area contributed by atoms with Crippen molar-refractivity contribution in [2.24, 2.45) is 5.92 Å². The fourth-order valence-corrected chi connectivity index (χ4v) is 5.00. The van der Waals surface area contributed by atoms with Gasteiger partial charge in [-0.2, -0.15) is 11.8 Å². The lowest BCUT2D eigenvalue weighted by Crippen LogP contribution is -2.44. The zero-order chi connectivity index (χ0) is 16.1. The molecule has 24 heavy (non-hydrogen) atoms. The summed E-state index contributed by atoms with van der Waals surface area (Å²) in [4.78, 5) is 15.0. The molecule has 1 aromatic carbocycles. The van der Waals surface area contributed by atoms with Crippen molar-refractivity contribution in [3.05, 3.63) is 35.9 Å². The van der Waals surface area contributed by atoms with E-state index in [4.69, 9.17) is 0 Å². The molecule has 134 valence electrons. The van der Waals surface area contributed by atoms with Crippen LogP contribution in [0.15, 0.2) is 30.3 Å². The molecule has 0 saturated carbocycles. The minimum Gasteiger partial charge on any atom is -0.334 e. The van der Waals surface area contributed by atoms with Crippen molar-refractivity contribution >= 4 is 30.1 Å². The highest BCUT2D eigenvalue weighted by Gasteiger charge is 2.33. The van der Waals surface area contributed by atoms with Gasteiger partial charge in [-0.05, 0) is 43.8 Å². The Labute approximate surface area is 156 Å². The normalized spacial score (nSPS) is 25.1. The van der Waals surface area contributed by atoms with Crippen molar-refractivity contribution in [2.75, 3.05) is 25.4 Å². The summed E-state index contributed by atoms with van der Waals surface area (Å²) in [7, 11) is 0. The number of nitrogens with zero attached hydrogens (tertiary/aromatic N) is 1. The monoisotopic (exact) mass is 368 g/mol. The Hall–Kier alpha value is -0.710. The van der Waals surface area contributed by atoms with Gasteiger partial charge in [-0.3, -0.25) is 4.79 Å². The van der Waals surface area contributed by atoms with E-state index in [2.05, 4.69) is 41.4 Å². The van der Waals surface area contributed by atoms with E-state index in [1.54, 1.807) is 0 Å². The summed E-state index contributed by atoms with van der Waals surface area (Å²) < 4.78 is 0. The summed E-state index contributed by atoms with van der Waals surface area (Å²) in [6.07, 6.45) is 4.22. The van der Waals surface area contributed by atoms with E-state index in [0.717, 1.165) is 37.7 Å². The van der Waals surface area contributed by atoms with Crippen LogP contribution in [0.5, 0.6) is 0 Å². The zero-order valence-electron chi connectivity index (χ0n) is 14.4. The quantitative estimate of drug-likeness (QED) is 0.874. The summed E-state index contributed by atoms with van der Waals surface area (Å²) >= 11 is 1.99. The van der Waals surface area contributed by atoms with E-state index in [9.17, 15) is 4.79 Å². The second kappa shape index (κ2) is 9.69. The summed E-state index contributed by atoms with van der Waals surface area (Å²) in [6.45, 7) is 5.37. The number of thioether (sulfide) groups is 1. The van der Waals surface area contributed by atoms with Gasteiger partial charge in [0.15, 0.2) is 0 Å². The molecule has 2 aliphatic heterocycles. The van der Waals surface area contributed by atoms with Crippen LogP contribution in [0.25, 0.3) is 0 Å². The maximum atomic E-state index is 12.9. The molecule has 1 amide bonds. The lowest BCUT2D eigenvalue weighted by Gasteiger charge is -2.40. The average molecular weight is 369 g/mol. The largest absolute Gasteiger partial charge is 0.334 e. The molecule has 2 fully saturated rings. The van der Waals surface area contributed by atoms with Crippen molar-refractivity contribution in [3.63, 3.8) is 0 Å². The third-order valence-electron chi connectivity index (χ3n) is 5.18. The Morgan fingerprint density at radius 2 is 1.96 bits per heavy atom. The first kappa shape index (κ1) is 19.6. The van der Waals surface area contributed by atoms with Gasteiger partial charge in [0.25, 0.3) is 0 Å². The molecular weight excluding hydrogens is 340 g/mol. The Kier molecular flexibility index (Phi) is 7.92. The van der Waals surface area contributed by atoms with E-state index in [0.29, 0.717) is 17.6 Å². The van der Waals surface area contributed by atoms with Crippen LogP contribution in [-0.4, -0.2) is 41.4 Å². The summed E-state index contributed by atoms with van der Waals surface area (Å²) in [5.41, 5.74) is 1.28. The molecule has 3 nitrogen and oxygen atoms in total. The SMILES string of the molecule is CC1SCCN(C(=O)CCC2CCNCC2)C1c1ccccc1.Cl. The number of carbonyl (C=O) groups is 1. The van der Waals surface area contributed by atoms with E-state index in [-0.39, 0.29) is 18.4 Å². The zero-order valence-corrected chi connectivity index (χ0v) is 16.1. The van der Waals surface area contributed by atoms with Crippen molar-refractivity contribution in [1.29, 1.82) is 0 Å². The second-order valence-corrected chi connectivity index (χ2v) is 8.24. The topological polar surface area (TPSA) is 32.3 Å². The number of nitrogens with one attached hydrogen (secondary N) is 1. The van der Waals surface area contributed by atoms with Gasteiger partial charge in [-0.1, -0.05) is 37.3 Å². The third kappa shape index (κ3) is 4.90. The summed E-state index contributed by atoms with van der Waals surface area (Å²) in [6, 6.07) is 10.8. The van der Waals surface area contributed by atoms with Gasteiger partial charge in [0.05, 0.1) is 6.04 Å². The lowest BCUT2D eigenvalue weighted by atomic mass is 9.92. The van der Waals surface area contributed by atoms with Crippen molar-refractivity contribution in [3.8, 4) is 0 Å². The Morgan fingerprint density at radius 3 is 2.67 bits per heavy atom. The first-order valence-electron chi connectivity index (χ1n) is 8.92. The highest BCUT2D eigenvalue weighted by molar-refractivity contribution is 8.00. The molecule has 0 bridgehead atoms. The number of amides is 1. The number of hydrogen-bond donors (Lipinski definition) is 1. The van der Waals surface area contributed by atoms with Gasteiger partial charge < -0.3 is 10.2 Å². The fraction of sp³-hybridized carbons (Fsp3) is 0.632. The number of piperidine rings is 1. The van der Waals surface area contributed by atoms with Crippen LogP contribution >= 0.6 is 24.2 Å². The van der Waals surface area contributed by atoms with Crippen LogP contribution in [0.2, 0.25) is 0 Å². The predicted octanol–water partition coefficient (Wildman–Crippen LogP) is 3.89. The van der Waals surface area contributed by atoms with E-state index < -0.39 is 0 Å². The van der Waals surface area contributed by atoms with E-state index in [1.165, 1.54) is 18.4 Å². The molecule has 2 atom stereocenters. The molecule has 0 radical (unpaired) electrons. The highest BCUT2D eigenvalue weighted by Crippen LogP contribution is 2.36. The van der Waals surface area contributed by atoms with Crippen molar-refractivity contribution in [2.45, 2.75) is 43.9 Å². The van der Waals surface area contributed by atoms with Crippen LogP contribution in [-0.2, 0) is 4.79 Å². The van der Waals surface area contributed by atoms with E-state index in [1.807, 2.05) is 17.8 Å². The van der Waals surface area contributed by atoms with Gasteiger partial charge in [-0.25, -0.2) is 0 Å². The Bertz CT molecular complexity index is 507.